The van der Waals surface area contributed by atoms with Crippen LogP contribution in [0.5, 0.6) is 0 Å². The van der Waals surface area contributed by atoms with Gasteiger partial charge in [0.05, 0.1) is 5.52 Å². The highest BCUT2D eigenvalue weighted by atomic mass is 16.2. The van der Waals surface area contributed by atoms with E-state index in [4.69, 9.17) is 0 Å². The molecule has 0 N–H and O–H groups in total. The van der Waals surface area contributed by atoms with Gasteiger partial charge in [-0.2, -0.15) is 0 Å². The molecule has 0 saturated carbocycles. The third-order valence-electron chi connectivity index (χ3n) is 5.08. The van der Waals surface area contributed by atoms with Crippen molar-refractivity contribution in [2.24, 2.45) is 0 Å². The van der Waals surface area contributed by atoms with E-state index in [0.717, 1.165) is 48.2 Å². The highest BCUT2D eigenvalue weighted by molar-refractivity contribution is 5.98. The van der Waals surface area contributed by atoms with Crippen LogP contribution in [0.15, 0.2) is 55.1 Å². The number of pyridine rings is 1. The zero-order valence-corrected chi connectivity index (χ0v) is 14.7. The molecule has 26 heavy (non-hydrogen) atoms. The van der Waals surface area contributed by atoms with Gasteiger partial charge in [-0.15, -0.1) is 0 Å². The number of piperidine rings is 1. The van der Waals surface area contributed by atoms with Crippen LogP contribution in [0.25, 0.3) is 10.9 Å². The summed E-state index contributed by atoms with van der Waals surface area (Å²) in [4.78, 5) is 29.6. The maximum atomic E-state index is 12.9. The van der Waals surface area contributed by atoms with Gasteiger partial charge in [-0.25, -0.2) is 9.97 Å². The van der Waals surface area contributed by atoms with Crippen LogP contribution in [0.3, 0.4) is 0 Å². The van der Waals surface area contributed by atoms with E-state index in [9.17, 15) is 4.79 Å². The van der Waals surface area contributed by atoms with Crippen LogP contribution in [0.4, 0.5) is 5.82 Å². The zero-order valence-electron chi connectivity index (χ0n) is 14.7. The van der Waals surface area contributed by atoms with Crippen LogP contribution in [0, 0.1) is 0 Å². The molecule has 1 fully saturated rings. The summed E-state index contributed by atoms with van der Waals surface area (Å²) in [6.07, 6.45) is 6.96. The van der Waals surface area contributed by atoms with E-state index in [1.54, 1.807) is 18.7 Å². The Labute approximate surface area is 152 Å². The van der Waals surface area contributed by atoms with E-state index in [0.29, 0.717) is 6.04 Å². The zero-order chi connectivity index (χ0) is 17.9. The smallest absolute Gasteiger partial charge is 0.253 e. The van der Waals surface area contributed by atoms with Crippen molar-refractivity contribution < 1.29 is 4.79 Å². The molecule has 1 saturated heterocycles. The quantitative estimate of drug-likeness (QED) is 0.729. The Bertz CT molecular complexity index is 906. The number of benzene rings is 1. The fourth-order valence-electron chi connectivity index (χ4n) is 3.53. The number of nitrogens with zero attached hydrogens (tertiary/aromatic N) is 5. The highest BCUT2D eigenvalue weighted by Gasteiger charge is 2.26. The van der Waals surface area contributed by atoms with Crippen molar-refractivity contribution in [3.8, 4) is 0 Å². The summed E-state index contributed by atoms with van der Waals surface area (Å²) in [7, 11) is 2.06. The van der Waals surface area contributed by atoms with Gasteiger partial charge in [0.15, 0.2) is 0 Å². The first kappa shape index (κ1) is 16.4. The van der Waals surface area contributed by atoms with Crippen LogP contribution in [-0.4, -0.2) is 51.9 Å². The van der Waals surface area contributed by atoms with Crippen LogP contribution < -0.4 is 4.90 Å². The van der Waals surface area contributed by atoms with Gasteiger partial charge in [0.25, 0.3) is 5.91 Å². The summed E-state index contributed by atoms with van der Waals surface area (Å²) in [5.41, 5.74) is 1.64. The van der Waals surface area contributed by atoms with Crippen molar-refractivity contribution in [2.75, 3.05) is 25.0 Å². The maximum absolute atomic E-state index is 12.9. The fourth-order valence-corrected chi connectivity index (χ4v) is 3.53. The molecule has 1 aliphatic heterocycles. The average molecular weight is 347 g/mol. The molecule has 1 aromatic carbocycles. The van der Waals surface area contributed by atoms with E-state index < -0.39 is 0 Å². The minimum Gasteiger partial charge on any atom is -0.356 e. The Morgan fingerprint density at radius 2 is 1.96 bits per heavy atom. The van der Waals surface area contributed by atoms with E-state index >= 15 is 0 Å². The van der Waals surface area contributed by atoms with Crippen LogP contribution in [-0.2, 0) is 0 Å². The number of aromatic nitrogens is 3. The van der Waals surface area contributed by atoms with Gasteiger partial charge in [-0.3, -0.25) is 9.78 Å². The summed E-state index contributed by atoms with van der Waals surface area (Å²) in [6.45, 7) is 1.51. The normalized spacial score (nSPS) is 15.2. The van der Waals surface area contributed by atoms with Crippen molar-refractivity contribution in [1.82, 2.24) is 19.9 Å². The van der Waals surface area contributed by atoms with Crippen molar-refractivity contribution >= 4 is 22.6 Å². The average Bonchev–Trinajstić information content (AvgIpc) is 2.73. The molecule has 0 atom stereocenters. The lowest BCUT2D eigenvalue weighted by atomic mass is 10.0. The van der Waals surface area contributed by atoms with Gasteiger partial charge in [0, 0.05) is 49.5 Å². The van der Waals surface area contributed by atoms with E-state index in [2.05, 4.69) is 26.9 Å². The molecule has 4 rings (SSSR count). The summed E-state index contributed by atoms with van der Waals surface area (Å²) >= 11 is 0. The predicted octanol–water partition coefficient (Wildman–Crippen LogP) is 2.77. The van der Waals surface area contributed by atoms with Crippen LogP contribution in [0.2, 0.25) is 0 Å². The van der Waals surface area contributed by atoms with Crippen molar-refractivity contribution in [2.45, 2.75) is 18.9 Å². The third kappa shape index (κ3) is 3.22. The molecule has 3 heterocycles. The maximum Gasteiger partial charge on any atom is 0.253 e. The molecule has 2 aromatic heterocycles. The highest BCUT2D eigenvalue weighted by Crippen LogP contribution is 2.22. The summed E-state index contributed by atoms with van der Waals surface area (Å²) in [5.74, 6) is 1.02. The summed E-state index contributed by atoms with van der Waals surface area (Å²) in [5, 5.41) is 0.997. The van der Waals surface area contributed by atoms with Crippen LogP contribution >= 0.6 is 0 Å². The molecule has 0 aliphatic carbocycles. The Kier molecular flexibility index (Phi) is 4.48. The molecule has 3 aromatic rings. The SMILES string of the molecule is CN(c1ccncn1)C1CCN(C(=O)c2ccc3ncccc3c2)CC1. The number of amides is 1. The lowest BCUT2D eigenvalue weighted by Crippen LogP contribution is -2.45. The van der Waals surface area contributed by atoms with Crippen LogP contribution in [0.1, 0.15) is 23.2 Å². The minimum absolute atomic E-state index is 0.0962. The van der Waals surface area contributed by atoms with E-state index in [-0.39, 0.29) is 5.91 Å². The molecule has 6 nitrogen and oxygen atoms in total. The Hall–Kier alpha value is -3.02. The molecular formula is C20H21N5O. The first-order valence-electron chi connectivity index (χ1n) is 8.85. The number of hydrogen-bond acceptors (Lipinski definition) is 5. The minimum atomic E-state index is 0.0962. The predicted molar refractivity (Wildman–Crippen MR) is 101 cm³/mol. The first-order valence-corrected chi connectivity index (χ1v) is 8.85. The lowest BCUT2D eigenvalue weighted by Gasteiger charge is -2.37. The molecule has 0 radical (unpaired) electrons. The number of rotatable bonds is 3. The topological polar surface area (TPSA) is 62.2 Å². The van der Waals surface area contributed by atoms with Gasteiger partial charge in [-0.1, -0.05) is 6.07 Å². The molecule has 1 amide bonds. The number of hydrogen-bond donors (Lipinski definition) is 0. The van der Waals surface area contributed by atoms with Crippen molar-refractivity contribution in [1.29, 1.82) is 0 Å². The molecule has 132 valence electrons. The second kappa shape index (κ2) is 7.07. The summed E-state index contributed by atoms with van der Waals surface area (Å²) in [6, 6.07) is 11.9. The molecule has 6 heteroatoms. The largest absolute Gasteiger partial charge is 0.356 e. The van der Waals surface area contributed by atoms with Crippen molar-refractivity contribution in [3.05, 3.63) is 60.7 Å². The monoisotopic (exact) mass is 347 g/mol. The lowest BCUT2D eigenvalue weighted by molar-refractivity contribution is 0.0713. The van der Waals surface area contributed by atoms with Gasteiger partial charge in [0.2, 0.25) is 0 Å². The van der Waals surface area contributed by atoms with E-state index in [1.807, 2.05) is 41.3 Å². The van der Waals surface area contributed by atoms with Gasteiger partial charge in [-0.05, 0) is 43.2 Å². The van der Waals surface area contributed by atoms with Gasteiger partial charge < -0.3 is 9.80 Å². The van der Waals surface area contributed by atoms with Crippen molar-refractivity contribution in [3.63, 3.8) is 0 Å². The first-order chi connectivity index (χ1) is 12.7. The Morgan fingerprint density at radius 1 is 1.12 bits per heavy atom. The van der Waals surface area contributed by atoms with Gasteiger partial charge in [0.1, 0.15) is 12.1 Å². The standard InChI is InChI=1S/C20H21N5O/c1-24(19-6-10-21-14-23-19)17-7-11-25(12-8-17)20(26)16-4-5-18-15(13-16)3-2-9-22-18/h2-6,9-10,13-14,17H,7-8,11-12H2,1H3. The Morgan fingerprint density at radius 3 is 2.73 bits per heavy atom. The Balaban J connectivity index is 1.43. The van der Waals surface area contributed by atoms with E-state index in [1.165, 1.54) is 0 Å². The molecule has 0 spiro atoms. The third-order valence-corrected chi connectivity index (χ3v) is 5.08. The molecular weight excluding hydrogens is 326 g/mol. The second-order valence-corrected chi connectivity index (χ2v) is 6.61. The number of likely N-dealkylation sites (tertiary alicyclic amines) is 1. The number of anilines is 1. The second-order valence-electron chi connectivity index (χ2n) is 6.61. The molecule has 0 unspecified atom stereocenters. The molecule has 0 bridgehead atoms. The summed E-state index contributed by atoms with van der Waals surface area (Å²) < 4.78 is 0. The number of carbonyl (C=O) groups excluding carboxylic acids is 1. The van der Waals surface area contributed by atoms with Gasteiger partial charge >= 0.3 is 0 Å². The number of carbonyl (C=O) groups is 1. The fraction of sp³-hybridized carbons (Fsp3) is 0.300. The molecule has 1 aliphatic rings. The number of fused-ring (bicyclic) bond motifs is 1.